The van der Waals surface area contributed by atoms with Crippen LogP contribution in [0.25, 0.3) is 0 Å². The molecule has 0 radical (unpaired) electrons. The Morgan fingerprint density at radius 3 is 2.32 bits per heavy atom. The minimum absolute atomic E-state index is 0.143. The van der Waals surface area contributed by atoms with Gasteiger partial charge in [-0.3, -0.25) is 19.2 Å². The molecule has 3 N–H and O–H groups in total. The number of unbranched alkanes of at least 4 members (excludes halogenated alkanes) is 1. The molecule has 0 bridgehead atoms. The molecule has 2 aliphatic rings. The van der Waals surface area contributed by atoms with Crippen LogP contribution in [0.4, 0.5) is 0 Å². The number of carbonyl (C=O) groups excluding carboxylic acids is 4. The first-order chi connectivity index (χ1) is 17.8. The number of carbonyl (C=O) groups is 4. The molecule has 4 amide bonds. The van der Waals surface area contributed by atoms with Crippen molar-refractivity contribution in [2.24, 2.45) is 5.92 Å². The van der Waals surface area contributed by atoms with Crippen molar-refractivity contribution >= 4 is 36.3 Å². The first-order valence-corrected chi connectivity index (χ1v) is 13.9. The van der Waals surface area contributed by atoms with Gasteiger partial charge in [0.15, 0.2) is 0 Å². The summed E-state index contributed by atoms with van der Waals surface area (Å²) in [5, 5.41) is 8.69. The third kappa shape index (κ3) is 7.40. The van der Waals surface area contributed by atoms with Gasteiger partial charge in [-0.25, -0.2) is 0 Å². The number of ether oxygens (including phenoxy) is 1. The Balaban J connectivity index is 1.95. The number of rotatable bonds is 9. The second kappa shape index (κ2) is 13.7. The van der Waals surface area contributed by atoms with Gasteiger partial charge in [0.1, 0.15) is 29.9 Å². The predicted octanol–water partition coefficient (Wildman–Crippen LogP) is 1.84. The number of nitrogens with one attached hydrogen (secondary N) is 3. The van der Waals surface area contributed by atoms with Crippen LogP contribution in [0.3, 0.4) is 0 Å². The maximum absolute atomic E-state index is 13.6. The van der Waals surface area contributed by atoms with E-state index in [1.807, 2.05) is 26.0 Å². The summed E-state index contributed by atoms with van der Waals surface area (Å²) < 4.78 is 5.22. The lowest BCUT2D eigenvalue weighted by molar-refractivity contribution is -0.144. The van der Waals surface area contributed by atoms with Crippen LogP contribution in [0.15, 0.2) is 24.3 Å². The lowest BCUT2D eigenvalue weighted by Gasteiger charge is -2.34. The Kier molecular flexibility index (Phi) is 10.7. The first-order valence-electron chi connectivity index (χ1n) is 13.2. The van der Waals surface area contributed by atoms with Crippen molar-refractivity contribution in [3.05, 3.63) is 29.8 Å². The molecule has 1 unspecified atom stereocenters. The summed E-state index contributed by atoms with van der Waals surface area (Å²) in [6.07, 6.45) is 4.04. The third-order valence-electron chi connectivity index (χ3n) is 7.38. The molecule has 2 aliphatic heterocycles. The Bertz CT molecular complexity index is 957. The lowest BCUT2D eigenvalue weighted by atomic mass is 9.95. The summed E-state index contributed by atoms with van der Waals surface area (Å²) in [5.74, 6) is -0.176. The highest BCUT2D eigenvalue weighted by Gasteiger charge is 2.41. The minimum Gasteiger partial charge on any atom is -0.497 e. The van der Waals surface area contributed by atoms with Crippen LogP contribution in [0.2, 0.25) is 0 Å². The zero-order chi connectivity index (χ0) is 26.9. The molecule has 10 heteroatoms. The van der Waals surface area contributed by atoms with E-state index in [0.29, 0.717) is 50.2 Å². The van der Waals surface area contributed by atoms with Crippen molar-refractivity contribution in [1.29, 1.82) is 0 Å². The number of nitrogens with zero attached hydrogens (tertiary/aromatic N) is 1. The topological polar surface area (TPSA) is 117 Å². The van der Waals surface area contributed by atoms with E-state index in [0.717, 1.165) is 12.0 Å². The van der Waals surface area contributed by atoms with Crippen LogP contribution in [0.5, 0.6) is 5.75 Å². The maximum atomic E-state index is 13.6. The Hall–Kier alpha value is -2.75. The van der Waals surface area contributed by atoms with Crippen LogP contribution in [-0.4, -0.2) is 72.1 Å². The molecule has 0 aliphatic carbocycles. The first kappa shape index (κ1) is 28.8. The number of hydrogen-bond donors (Lipinski definition) is 4. The van der Waals surface area contributed by atoms with E-state index in [9.17, 15) is 19.2 Å². The summed E-state index contributed by atoms with van der Waals surface area (Å²) in [6, 6.07) is 4.11. The summed E-state index contributed by atoms with van der Waals surface area (Å²) in [7, 11) is 1.58. The summed E-state index contributed by atoms with van der Waals surface area (Å²) in [5.41, 5.74) is 0.829. The minimum atomic E-state index is -0.918. The fourth-order valence-corrected chi connectivity index (χ4v) is 5.12. The van der Waals surface area contributed by atoms with Crippen molar-refractivity contribution in [3.63, 3.8) is 0 Å². The van der Waals surface area contributed by atoms with Gasteiger partial charge in [-0.15, -0.1) is 0 Å². The Morgan fingerprint density at radius 1 is 1.00 bits per heavy atom. The SMILES string of the molecule is CCC(C)[C@@H]1NC(=O)[C@@H](Cc2ccc(OC)cc2)NC(=O)[C@H](CCCCS)NC(=O)[C@H]2CCCN2C1=O. The number of methoxy groups -OCH3 is 1. The molecule has 2 fully saturated rings. The van der Waals surface area contributed by atoms with Crippen LogP contribution in [0.1, 0.15) is 57.9 Å². The van der Waals surface area contributed by atoms with Gasteiger partial charge in [-0.05, 0) is 55.1 Å². The van der Waals surface area contributed by atoms with E-state index < -0.39 is 36.0 Å². The number of hydrogen-bond acceptors (Lipinski definition) is 6. The highest BCUT2D eigenvalue weighted by molar-refractivity contribution is 7.80. The Labute approximate surface area is 224 Å². The third-order valence-corrected chi connectivity index (χ3v) is 7.70. The quantitative estimate of drug-likeness (QED) is 0.286. The van der Waals surface area contributed by atoms with Crippen molar-refractivity contribution in [2.75, 3.05) is 19.4 Å². The average Bonchev–Trinajstić information content (AvgIpc) is 3.40. The van der Waals surface area contributed by atoms with Crippen molar-refractivity contribution < 1.29 is 23.9 Å². The van der Waals surface area contributed by atoms with E-state index in [4.69, 9.17) is 4.74 Å². The summed E-state index contributed by atoms with van der Waals surface area (Å²) in [6.45, 7) is 4.32. The van der Waals surface area contributed by atoms with Crippen LogP contribution in [0, 0.1) is 5.92 Å². The van der Waals surface area contributed by atoms with Crippen LogP contribution in [-0.2, 0) is 25.6 Å². The predicted molar refractivity (Wildman–Crippen MR) is 144 cm³/mol. The number of fused-ring (bicyclic) bond motifs is 1. The van der Waals surface area contributed by atoms with Gasteiger partial charge < -0.3 is 25.6 Å². The number of thiol groups is 1. The second-order valence-electron chi connectivity index (χ2n) is 9.96. The zero-order valence-corrected chi connectivity index (χ0v) is 22.9. The summed E-state index contributed by atoms with van der Waals surface area (Å²) in [4.78, 5) is 55.5. The monoisotopic (exact) mass is 532 g/mol. The smallest absolute Gasteiger partial charge is 0.246 e. The van der Waals surface area contributed by atoms with E-state index in [1.165, 1.54) is 0 Å². The highest BCUT2D eigenvalue weighted by atomic mass is 32.1. The summed E-state index contributed by atoms with van der Waals surface area (Å²) >= 11 is 4.25. The Morgan fingerprint density at radius 2 is 1.68 bits per heavy atom. The van der Waals surface area contributed by atoms with E-state index >= 15 is 0 Å². The van der Waals surface area contributed by atoms with E-state index in [1.54, 1.807) is 24.1 Å². The molecule has 1 aromatic carbocycles. The number of amides is 4. The van der Waals surface area contributed by atoms with Crippen molar-refractivity contribution in [3.8, 4) is 5.75 Å². The van der Waals surface area contributed by atoms with Crippen LogP contribution >= 0.6 is 12.6 Å². The molecule has 5 atom stereocenters. The van der Waals surface area contributed by atoms with Gasteiger partial charge in [0.2, 0.25) is 23.6 Å². The average molecular weight is 533 g/mol. The van der Waals surface area contributed by atoms with Crippen LogP contribution < -0.4 is 20.7 Å². The normalized spacial score (nSPS) is 25.8. The molecule has 9 nitrogen and oxygen atoms in total. The van der Waals surface area contributed by atoms with Crippen molar-refractivity contribution in [2.45, 2.75) is 83.0 Å². The van der Waals surface area contributed by atoms with E-state index in [2.05, 4.69) is 28.6 Å². The molecule has 3 rings (SSSR count). The highest BCUT2D eigenvalue weighted by Crippen LogP contribution is 2.23. The molecule has 0 spiro atoms. The van der Waals surface area contributed by atoms with Gasteiger partial charge in [0.25, 0.3) is 0 Å². The fraction of sp³-hybridized carbons (Fsp3) is 0.630. The molecule has 2 heterocycles. The maximum Gasteiger partial charge on any atom is 0.246 e. The fourth-order valence-electron chi connectivity index (χ4n) is 4.89. The molecule has 1 aromatic rings. The zero-order valence-electron chi connectivity index (χ0n) is 22.0. The second-order valence-corrected chi connectivity index (χ2v) is 10.4. The van der Waals surface area contributed by atoms with Gasteiger partial charge in [-0.1, -0.05) is 38.8 Å². The van der Waals surface area contributed by atoms with Gasteiger partial charge in [0.05, 0.1) is 7.11 Å². The van der Waals surface area contributed by atoms with Gasteiger partial charge in [-0.2, -0.15) is 12.6 Å². The largest absolute Gasteiger partial charge is 0.497 e. The molecular weight excluding hydrogens is 492 g/mol. The molecule has 37 heavy (non-hydrogen) atoms. The molecule has 204 valence electrons. The van der Waals surface area contributed by atoms with Gasteiger partial charge >= 0.3 is 0 Å². The standard InChI is InChI=1S/C27H40N4O5S/c1-4-17(2)23-27(35)31-14-7-9-22(31)26(34)28-20(8-5-6-15-37)24(32)29-21(25(33)30-23)16-18-10-12-19(36-3)13-11-18/h10-13,17,20-23,37H,4-9,14-16H2,1-3H3,(H,28,34)(H,29,32)(H,30,33)/t17?,20-,21+,22+,23-/m0/s1. The lowest BCUT2D eigenvalue weighted by Crippen LogP contribution is -2.62. The number of benzene rings is 1. The molecule has 0 aromatic heterocycles. The van der Waals surface area contributed by atoms with Gasteiger partial charge in [0, 0.05) is 13.0 Å². The van der Waals surface area contributed by atoms with Crippen molar-refractivity contribution in [1.82, 2.24) is 20.9 Å². The molecule has 0 saturated carbocycles. The van der Waals surface area contributed by atoms with E-state index in [-0.39, 0.29) is 24.2 Å². The molecule has 2 saturated heterocycles. The molecular formula is C27H40N4O5S.